The second-order valence-electron chi connectivity index (χ2n) is 5.19. The van der Waals surface area contributed by atoms with Crippen LogP contribution in [0.3, 0.4) is 0 Å². The van der Waals surface area contributed by atoms with E-state index in [4.69, 9.17) is 4.74 Å². The van der Waals surface area contributed by atoms with Gasteiger partial charge in [-0.2, -0.15) is 0 Å². The standard InChI is InChI=1S/C13H25N3O3/c1-10(11(17)14-8-9-19-3)16-12(18)13(2)6-4-5-7-15-13/h10,15H,4-9H2,1-3H3,(H,14,17)(H,16,18). The van der Waals surface area contributed by atoms with Crippen LogP contribution in [-0.4, -0.2) is 50.2 Å². The highest BCUT2D eigenvalue weighted by Gasteiger charge is 2.35. The van der Waals surface area contributed by atoms with Gasteiger partial charge in [-0.3, -0.25) is 9.59 Å². The Bertz CT molecular complexity index is 314. The van der Waals surface area contributed by atoms with E-state index in [1.807, 2.05) is 6.92 Å². The largest absolute Gasteiger partial charge is 0.383 e. The number of hydrogen-bond donors (Lipinski definition) is 3. The smallest absolute Gasteiger partial charge is 0.242 e. The molecule has 0 aromatic rings. The number of methoxy groups -OCH3 is 1. The van der Waals surface area contributed by atoms with E-state index in [1.165, 1.54) is 0 Å². The highest BCUT2D eigenvalue weighted by Crippen LogP contribution is 2.18. The van der Waals surface area contributed by atoms with Crippen LogP contribution in [0.25, 0.3) is 0 Å². The number of piperidine rings is 1. The van der Waals surface area contributed by atoms with Crippen LogP contribution >= 0.6 is 0 Å². The molecule has 6 heteroatoms. The summed E-state index contributed by atoms with van der Waals surface area (Å²) in [4.78, 5) is 23.9. The molecule has 3 N–H and O–H groups in total. The van der Waals surface area contributed by atoms with Gasteiger partial charge in [0.05, 0.1) is 12.1 Å². The van der Waals surface area contributed by atoms with Crippen LogP contribution < -0.4 is 16.0 Å². The van der Waals surface area contributed by atoms with Gasteiger partial charge in [0, 0.05) is 13.7 Å². The van der Waals surface area contributed by atoms with Crippen LogP contribution in [0.2, 0.25) is 0 Å². The Morgan fingerprint density at radius 1 is 1.42 bits per heavy atom. The van der Waals surface area contributed by atoms with Crippen molar-refractivity contribution in [2.24, 2.45) is 0 Å². The highest BCUT2D eigenvalue weighted by atomic mass is 16.5. The van der Waals surface area contributed by atoms with Crippen molar-refractivity contribution in [3.63, 3.8) is 0 Å². The predicted molar refractivity (Wildman–Crippen MR) is 72.7 cm³/mol. The monoisotopic (exact) mass is 271 g/mol. The number of hydrogen-bond acceptors (Lipinski definition) is 4. The lowest BCUT2D eigenvalue weighted by molar-refractivity contribution is -0.132. The van der Waals surface area contributed by atoms with E-state index in [0.717, 1.165) is 25.8 Å². The van der Waals surface area contributed by atoms with Gasteiger partial charge >= 0.3 is 0 Å². The maximum Gasteiger partial charge on any atom is 0.242 e. The minimum atomic E-state index is -0.556. The summed E-state index contributed by atoms with van der Waals surface area (Å²) in [7, 11) is 1.58. The van der Waals surface area contributed by atoms with Gasteiger partial charge in [-0.1, -0.05) is 0 Å². The van der Waals surface area contributed by atoms with E-state index in [0.29, 0.717) is 13.2 Å². The molecule has 2 atom stereocenters. The lowest BCUT2D eigenvalue weighted by Gasteiger charge is -2.34. The molecule has 2 unspecified atom stereocenters. The summed E-state index contributed by atoms with van der Waals surface area (Å²) in [6, 6.07) is -0.537. The van der Waals surface area contributed by atoms with Crippen molar-refractivity contribution in [1.82, 2.24) is 16.0 Å². The molecular formula is C13H25N3O3. The van der Waals surface area contributed by atoms with E-state index in [1.54, 1.807) is 14.0 Å². The van der Waals surface area contributed by atoms with Crippen molar-refractivity contribution in [2.75, 3.05) is 26.8 Å². The number of rotatable bonds is 6. The predicted octanol–water partition coefficient (Wildman–Crippen LogP) is -0.214. The molecule has 1 aliphatic rings. The molecule has 1 aliphatic heterocycles. The number of amides is 2. The minimum absolute atomic E-state index is 0.110. The van der Waals surface area contributed by atoms with Crippen LogP contribution in [0.1, 0.15) is 33.1 Å². The summed E-state index contributed by atoms with van der Waals surface area (Å²) in [5.41, 5.74) is -0.556. The van der Waals surface area contributed by atoms with Crippen molar-refractivity contribution < 1.29 is 14.3 Å². The van der Waals surface area contributed by atoms with E-state index in [-0.39, 0.29) is 11.8 Å². The van der Waals surface area contributed by atoms with E-state index >= 15 is 0 Å². The molecule has 0 bridgehead atoms. The van der Waals surface area contributed by atoms with E-state index < -0.39 is 11.6 Å². The van der Waals surface area contributed by atoms with Crippen molar-refractivity contribution in [3.8, 4) is 0 Å². The van der Waals surface area contributed by atoms with Gasteiger partial charge in [0.1, 0.15) is 6.04 Å². The normalized spacial score (nSPS) is 24.6. The Hall–Kier alpha value is -1.14. The third-order valence-corrected chi connectivity index (χ3v) is 3.47. The second kappa shape index (κ2) is 7.45. The Morgan fingerprint density at radius 3 is 2.74 bits per heavy atom. The summed E-state index contributed by atoms with van der Waals surface area (Å²) in [5, 5.41) is 8.70. The Kier molecular flexibility index (Phi) is 6.24. The van der Waals surface area contributed by atoms with E-state index in [2.05, 4.69) is 16.0 Å². The van der Waals surface area contributed by atoms with Gasteiger partial charge in [0.25, 0.3) is 0 Å². The van der Waals surface area contributed by atoms with Crippen LogP contribution in [-0.2, 0) is 14.3 Å². The van der Waals surface area contributed by atoms with Gasteiger partial charge in [0.2, 0.25) is 11.8 Å². The fourth-order valence-corrected chi connectivity index (χ4v) is 2.10. The number of ether oxygens (including phenoxy) is 1. The summed E-state index contributed by atoms with van der Waals surface area (Å²) < 4.78 is 4.85. The van der Waals surface area contributed by atoms with E-state index in [9.17, 15) is 9.59 Å². The quantitative estimate of drug-likeness (QED) is 0.584. The topological polar surface area (TPSA) is 79.5 Å². The molecule has 1 rings (SSSR count). The van der Waals surface area contributed by atoms with Gasteiger partial charge in [-0.25, -0.2) is 0 Å². The average Bonchev–Trinajstić information content (AvgIpc) is 2.39. The molecule has 110 valence electrons. The van der Waals surface area contributed by atoms with Gasteiger partial charge in [-0.05, 0) is 39.7 Å². The van der Waals surface area contributed by atoms with Crippen molar-refractivity contribution in [3.05, 3.63) is 0 Å². The lowest BCUT2D eigenvalue weighted by Crippen LogP contribution is -2.60. The van der Waals surface area contributed by atoms with Crippen molar-refractivity contribution >= 4 is 11.8 Å². The first-order valence-electron chi connectivity index (χ1n) is 6.82. The fraction of sp³-hybridized carbons (Fsp3) is 0.846. The zero-order valence-corrected chi connectivity index (χ0v) is 12.0. The maximum absolute atomic E-state index is 12.2. The molecule has 19 heavy (non-hydrogen) atoms. The Labute approximate surface area is 114 Å². The van der Waals surface area contributed by atoms with Gasteiger partial charge in [-0.15, -0.1) is 0 Å². The minimum Gasteiger partial charge on any atom is -0.383 e. The third kappa shape index (κ3) is 4.80. The first-order chi connectivity index (χ1) is 8.99. The molecule has 2 amide bonds. The van der Waals surface area contributed by atoms with Crippen LogP contribution in [0.5, 0.6) is 0 Å². The molecule has 0 aliphatic carbocycles. The maximum atomic E-state index is 12.2. The summed E-state index contributed by atoms with van der Waals surface area (Å²) >= 11 is 0. The molecule has 1 heterocycles. The molecule has 1 fully saturated rings. The average molecular weight is 271 g/mol. The lowest BCUT2D eigenvalue weighted by atomic mass is 9.90. The molecule has 1 saturated heterocycles. The first kappa shape index (κ1) is 15.9. The highest BCUT2D eigenvalue weighted by molar-refractivity contribution is 5.91. The molecule has 0 aromatic heterocycles. The Morgan fingerprint density at radius 2 is 2.16 bits per heavy atom. The molecule has 0 saturated carbocycles. The van der Waals surface area contributed by atoms with Crippen LogP contribution in [0.4, 0.5) is 0 Å². The van der Waals surface area contributed by atoms with Gasteiger partial charge < -0.3 is 20.7 Å². The SMILES string of the molecule is COCCNC(=O)C(C)NC(=O)C1(C)CCCCN1. The van der Waals surface area contributed by atoms with Crippen molar-refractivity contribution in [2.45, 2.75) is 44.7 Å². The number of nitrogens with one attached hydrogen (secondary N) is 3. The molecule has 0 aromatic carbocycles. The van der Waals surface area contributed by atoms with Gasteiger partial charge in [0.15, 0.2) is 0 Å². The van der Waals surface area contributed by atoms with Crippen LogP contribution in [0, 0.1) is 0 Å². The zero-order valence-electron chi connectivity index (χ0n) is 12.0. The molecule has 6 nitrogen and oxygen atoms in total. The number of carbonyl (C=O) groups excluding carboxylic acids is 2. The first-order valence-corrected chi connectivity index (χ1v) is 6.82. The summed E-state index contributed by atoms with van der Waals surface area (Å²) in [6.45, 7) is 5.33. The molecule has 0 spiro atoms. The summed E-state index contributed by atoms with van der Waals surface area (Å²) in [6.07, 6.45) is 2.93. The molecule has 0 radical (unpaired) electrons. The summed E-state index contributed by atoms with van der Waals surface area (Å²) in [5.74, 6) is -0.300. The molecular weight excluding hydrogens is 246 g/mol. The second-order valence-corrected chi connectivity index (χ2v) is 5.19. The zero-order chi connectivity index (χ0) is 14.3. The third-order valence-electron chi connectivity index (χ3n) is 3.47. The van der Waals surface area contributed by atoms with Crippen molar-refractivity contribution in [1.29, 1.82) is 0 Å². The van der Waals surface area contributed by atoms with Crippen LogP contribution in [0.15, 0.2) is 0 Å². The fourth-order valence-electron chi connectivity index (χ4n) is 2.10. The number of carbonyl (C=O) groups is 2. The Balaban J connectivity index is 2.40.